The summed E-state index contributed by atoms with van der Waals surface area (Å²) >= 11 is 1.79. The third kappa shape index (κ3) is 5.60. The van der Waals surface area contributed by atoms with E-state index in [1.165, 1.54) is 53.6 Å². The molecule has 11 rings (SSSR count). The van der Waals surface area contributed by atoms with Crippen molar-refractivity contribution in [2.75, 3.05) is 0 Å². The van der Waals surface area contributed by atoms with Gasteiger partial charge in [0.15, 0.2) is 17.5 Å². The fourth-order valence-electron chi connectivity index (χ4n) is 9.01. The Balaban J connectivity index is 1.06. The van der Waals surface area contributed by atoms with Crippen LogP contribution in [0.25, 0.3) is 98.8 Å². The maximum Gasteiger partial charge on any atom is 0.165 e. The lowest BCUT2D eigenvalue weighted by atomic mass is 9.78. The van der Waals surface area contributed by atoms with E-state index < -0.39 is 0 Å². The third-order valence-electron chi connectivity index (χ3n) is 11.7. The molecule has 0 atom stereocenters. The second kappa shape index (κ2) is 13.6. The summed E-state index contributed by atoms with van der Waals surface area (Å²) in [5.74, 6) is 1.94. The summed E-state index contributed by atoms with van der Waals surface area (Å²) in [7, 11) is 0. The summed E-state index contributed by atoms with van der Waals surface area (Å²) in [5.41, 5.74) is 15.2. The molecular weight excluding hydrogens is 723 g/mol. The highest BCUT2D eigenvalue weighted by atomic mass is 32.1. The van der Waals surface area contributed by atoms with Gasteiger partial charge in [-0.3, -0.25) is 0 Å². The molecule has 0 fully saturated rings. The summed E-state index contributed by atoms with van der Waals surface area (Å²) < 4.78 is 2.42. The van der Waals surface area contributed by atoms with Crippen LogP contribution in [0.2, 0.25) is 0 Å². The lowest BCUT2D eigenvalue weighted by molar-refractivity contribution is 0.662. The van der Waals surface area contributed by atoms with Gasteiger partial charge in [-0.15, -0.1) is 11.3 Å². The summed E-state index contributed by atoms with van der Waals surface area (Å²) in [5, 5.41) is 2.46. The van der Waals surface area contributed by atoms with Crippen LogP contribution in [-0.4, -0.2) is 15.0 Å². The van der Waals surface area contributed by atoms with Crippen LogP contribution in [0.3, 0.4) is 0 Å². The fraction of sp³-hybridized carbons (Fsp3) is 0.0556. The Labute approximate surface area is 342 Å². The third-order valence-corrected chi connectivity index (χ3v) is 13.0. The minimum atomic E-state index is -0.105. The van der Waals surface area contributed by atoms with E-state index in [2.05, 4.69) is 196 Å². The molecule has 0 bridgehead atoms. The maximum atomic E-state index is 5.28. The Morgan fingerprint density at radius 2 is 0.879 bits per heavy atom. The van der Waals surface area contributed by atoms with Gasteiger partial charge in [-0.2, -0.15) is 0 Å². The largest absolute Gasteiger partial charge is 0.208 e. The van der Waals surface area contributed by atoms with Crippen molar-refractivity contribution >= 4 is 31.5 Å². The molecule has 274 valence electrons. The molecule has 8 aromatic carbocycles. The predicted molar refractivity (Wildman–Crippen MR) is 243 cm³/mol. The molecule has 0 unspecified atom stereocenters. The monoisotopic (exact) mass is 759 g/mol. The van der Waals surface area contributed by atoms with Gasteiger partial charge < -0.3 is 0 Å². The van der Waals surface area contributed by atoms with Crippen molar-refractivity contribution in [3.8, 4) is 78.7 Å². The van der Waals surface area contributed by atoms with E-state index >= 15 is 0 Å². The molecule has 0 N–H and O–H groups in total. The van der Waals surface area contributed by atoms with E-state index in [9.17, 15) is 0 Å². The predicted octanol–water partition coefficient (Wildman–Crippen LogP) is 14.5. The Morgan fingerprint density at radius 3 is 1.71 bits per heavy atom. The van der Waals surface area contributed by atoms with E-state index in [0.29, 0.717) is 17.5 Å². The van der Waals surface area contributed by atoms with Crippen molar-refractivity contribution in [2.45, 2.75) is 19.3 Å². The van der Waals surface area contributed by atoms with E-state index in [1.807, 2.05) is 6.07 Å². The number of rotatable bonds is 6. The van der Waals surface area contributed by atoms with Crippen LogP contribution in [0.5, 0.6) is 0 Å². The summed E-state index contributed by atoms with van der Waals surface area (Å²) in [6, 6.07) is 67.1. The van der Waals surface area contributed by atoms with Crippen LogP contribution < -0.4 is 0 Å². The Morgan fingerprint density at radius 1 is 0.362 bits per heavy atom. The second-order valence-electron chi connectivity index (χ2n) is 15.6. The molecule has 2 aromatic heterocycles. The molecule has 4 heteroatoms. The summed E-state index contributed by atoms with van der Waals surface area (Å²) in [4.78, 5) is 15.8. The normalized spacial score (nSPS) is 12.8. The number of thiophene rings is 1. The SMILES string of the molecule is CC1(C)c2ccccc2-c2cccc(-c3cccc(-c4cccc(-c5nc(-c6ccccc6-c6ccccc6)nc(-c6cccc7c6sc6ccccc67)n5)c4)c3)c21. The van der Waals surface area contributed by atoms with Crippen LogP contribution in [0, 0.1) is 0 Å². The van der Waals surface area contributed by atoms with Gasteiger partial charge in [-0.05, 0) is 79.9 Å². The second-order valence-corrected chi connectivity index (χ2v) is 16.6. The first-order valence-corrected chi connectivity index (χ1v) is 20.6. The van der Waals surface area contributed by atoms with Gasteiger partial charge in [0.05, 0.1) is 0 Å². The smallest absolute Gasteiger partial charge is 0.165 e. The van der Waals surface area contributed by atoms with Crippen molar-refractivity contribution in [1.29, 1.82) is 0 Å². The average molecular weight is 760 g/mol. The van der Waals surface area contributed by atoms with Crippen molar-refractivity contribution in [2.24, 2.45) is 0 Å². The van der Waals surface area contributed by atoms with Gasteiger partial charge in [0, 0.05) is 42.3 Å². The minimum absolute atomic E-state index is 0.105. The molecule has 1 aliphatic rings. The van der Waals surface area contributed by atoms with Crippen molar-refractivity contribution in [3.05, 3.63) is 199 Å². The molecule has 1 aliphatic carbocycles. The zero-order valence-corrected chi connectivity index (χ0v) is 33.0. The average Bonchev–Trinajstić information content (AvgIpc) is 3.79. The van der Waals surface area contributed by atoms with Gasteiger partial charge in [0.25, 0.3) is 0 Å². The Bertz CT molecular complexity index is 3210. The lowest BCUT2D eigenvalue weighted by Crippen LogP contribution is -2.16. The van der Waals surface area contributed by atoms with Crippen LogP contribution >= 0.6 is 11.3 Å². The molecule has 0 aliphatic heterocycles. The van der Waals surface area contributed by atoms with Crippen LogP contribution in [0.1, 0.15) is 25.0 Å². The molecule has 0 saturated carbocycles. The van der Waals surface area contributed by atoms with Crippen LogP contribution in [0.15, 0.2) is 188 Å². The molecule has 58 heavy (non-hydrogen) atoms. The molecule has 0 saturated heterocycles. The van der Waals surface area contributed by atoms with Gasteiger partial charge >= 0.3 is 0 Å². The zero-order valence-electron chi connectivity index (χ0n) is 32.1. The standard InChI is InChI=1S/C54H37N3S/c1-54(2)47-30-10-8-23-41(47)43-27-14-26-40(49(43)54)37-20-12-18-35(32-37)36-19-13-21-38(33-36)51-55-52(45-25-7-6-22-39(45)34-16-4-3-5-17-34)57-53(56-51)46-29-15-28-44-42-24-9-11-31-48(42)58-50(44)46/h3-33H,1-2H3. The van der Waals surface area contributed by atoms with Crippen molar-refractivity contribution in [3.63, 3.8) is 0 Å². The molecule has 10 aromatic rings. The molecule has 2 heterocycles. The van der Waals surface area contributed by atoms with E-state index in [4.69, 9.17) is 15.0 Å². The fourth-order valence-corrected chi connectivity index (χ4v) is 10.2. The number of aromatic nitrogens is 3. The number of nitrogens with zero attached hydrogens (tertiary/aromatic N) is 3. The van der Waals surface area contributed by atoms with E-state index in [0.717, 1.165) is 38.9 Å². The van der Waals surface area contributed by atoms with Crippen LogP contribution in [0.4, 0.5) is 0 Å². The van der Waals surface area contributed by atoms with Gasteiger partial charge in [0.2, 0.25) is 0 Å². The quantitative estimate of drug-likeness (QED) is 0.169. The highest BCUT2D eigenvalue weighted by Crippen LogP contribution is 2.52. The van der Waals surface area contributed by atoms with Gasteiger partial charge in [0.1, 0.15) is 0 Å². The van der Waals surface area contributed by atoms with E-state index in [-0.39, 0.29) is 5.41 Å². The number of benzene rings is 8. The topological polar surface area (TPSA) is 38.7 Å². The van der Waals surface area contributed by atoms with Crippen molar-refractivity contribution in [1.82, 2.24) is 15.0 Å². The summed E-state index contributed by atoms with van der Waals surface area (Å²) in [6.45, 7) is 4.70. The molecular formula is C54H37N3S. The molecule has 0 radical (unpaired) electrons. The summed E-state index contributed by atoms with van der Waals surface area (Å²) in [6.07, 6.45) is 0. The Kier molecular flexibility index (Phi) is 8.02. The maximum absolute atomic E-state index is 5.28. The lowest BCUT2D eigenvalue weighted by Gasteiger charge is -2.24. The minimum Gasteiger partial charge on any atom is -0.208 e. The number of hydrogen-bond donors (Lipinski definition) is 0. The first kappa shape index (κ1) is 34.3. The highest BCUT2D eigenvalue weighted by Gasteiger charge is 2.37. The number of fused-ring (bicyclic) bond motifs is 6. The molecule has 3 nitrogen and oxygen atoms in total. The Hall–Kier alpha value is -7.01. The first-order chi connectivity index (χ1) is 28.5. The first-order valence-electron chi connectivity index (χ1n) is 19.8. The van der Waals surface area contributed by atoms with Crippen molar-refractivity contribution < 1.29 is 0 Å². The number of hydrogen-bond acceptors (Lipinski definition) is 4. The van der Waals surface area contributed by atoms with Crippen LogP contribution in [-0.2, 0) is 5.41 Å². The molecule has 0 amide bonds. The highest BCUT2D eigenvalue weighted by molar-refractivity contribution is 7.26. The molecule has 0 spiro atoms. The zero-order chi connectivity index (χ0) is 38.8. The van der Waals surface area contributed by atoms with E-state index in [1.54, 1.807) is 11.3 Å². The van der Waals surface area contributed by atoms with Gasteiger partial charge in [-0.25, -0.2) is 15.0 Å². The van der Waals surface area contributed by atoms with Gasteiger partial charge in [-0.1, -0.05) is 178 Å².